The summed E-state index contributed by atoms with van der Waals surface area (Å²) in [5, 5.41) is 14.3. The molecule has 7 nitrogen and oxygen atoms in total. The molecule has 1 saturated heterocycles. The van der Waals surface area contributed by atoms with Crippen molar-refractivity contribution in [3.8, 4) is 5.75 Å². The van der Waals surface area contributed by atoms with Crippen molar-refractivity contribution in [3.05, 3.63) is 64.2 Å². The SMILES string of the molecule is CC(C)(C)c1ccc(OCCN[C@@H]2COCCN2c2ccc([N+](=O)[O-])cc2)cc1. The monoisotopic (exact) mass is 399 g/mol. The predicted molar refractivity (Wildman–Crippen MR) is 114 cm³/mol. The van der Waals surface area contributed by atoms with Gasteiger partial charge >= 0.3 is 0 Å². The minimum atomic E-state index is -0.385. The zero-order valence-corrected chi connectivity index (χ0v) is 17.3. The van der Waals surface area contributed by atoms with Crippen molar-refractivity contribution in [2.45, 2.75) is 32.4 Å². The van der Waals surface area contributed by atoms with Crippen LogP contribution in [0.3, 0.4) is 0 Å². The first-order chi connectivity index (χ1) is 13.8. The number of morpholine rings is 1. The Morgan fingerprint density at radius 3 is 2.48 bits per heavy atom. The summed E-state index contributed by atoms with van der Waals surface area (Å²) >= 11 is 0. The summed E-state index contributed by atoms with van der Waals surface area (Å²) in [5.74, 6) is 0.854. The number of nitro benzene ring substituents is 1. The summed E-state index contributed by atoms with van der Waals surface area (Å²) in [6.45, 7) is 9.69. The van der Waals surface area contributed by atoms with Gasteiger partial charge in [-0.2, -0.15) is 0 Å². The number of rotatable bonds is 7. The van der Waals surface area contributed by atoms with E-state index >= 15 is 0 Å². The summed E-state index contributed by atoms with van der Waals surface area (Å²) in [5.41, 5.74) is 2.44. The molecule has 1 N–H and O–H groups in total. The van der Waals surface area contributed by atoms with Crippen LogP contribution in [0, 0.1) is 10.1 Å². The maximum atomic E-state index is 10.9. The first-order valence-corrected chi connectivity index (χ1v) is 9.90. The molecule has 1 aliphatic heterocycles. The maximum absolute atomic E-state index is 10.9. The van der Waals surface area contributed by atoms with Gasteiger partial charge in [0.15, 0.2) is 0 Å². The van der Waals surface area contributed by atoms with Crippen LogP contribution in [-0.2, 0) is 10.2 Å². The van der Waals surface area contributed by atoms with Gasteiger partial charge in [0.05, 0.1) is 18.1 Å². The van der Waals surface area contributed by atoms with Gasteiger partial charge in [0.2, 0.25) is 0 Å². The minimum absolute atomic E-state index is 0.00271. The van der Waals surface area contributed by atoms with Crippen LogP contribution < -0.4 is 15.0 Å². The first kappa shape index (κ1) is 21.1. The summed E-state index contributed by atoms with van der Waals surface area (Å²) in [4.78, 5) is 12.6. The average molecular weight is 399 g/mol. The van der Waals surface area contributed by atoms with E-state index in [1.165, 1.54) is 17.7 Å². The highest BCUT2D eigenvalue weighted by atomic mass is 16.6. The second-order valence-corrected chi connectivity index (χ2v) is 8.13. The zero-order valence-electron chi connectivity index (χ0n) is 17.3. The topological polar surface area (TPSA) is 76.9 Å². The molecular weight excluding hydrogens is 370 g/mol. The fraction of sp³-hybridized carbons (Fsp3) is 0.455. The smallest absolute Gasteiger partial charge is 0.269 e. The second kappa shape index (κ2) is 9.24. The van der Waals surface area contributed by atoms with Gasteiger partial charge in [0.1, 0.15) is 18.5 Å². The van der Waals surface area contributed by atoms with Crippen LogP contribution in [0.2, 0.25) is 0 Å². The lowest BCUT2D eigenvalue weighted by Gasteiger charge is -2.37. The summed E-state index contributed by atoms with van der Waals surface area (Å²) in [6.07, 6.45) is -0.00271. The Morgan fingerprint density at radius 1 is 1.17 bits per heavy atom. The van der Waals surface area contributed by atoms with Gasteiger partial charge in [-0.05, 0) is 35.2 Å². The molecule has 1 heterocycles. The molecule has 2 aromatic carbocycles. The van der Waals surface area contributed by atoms with E-state index < -0.39 is 0 Å². The Labute approximate surface area is 171 Å². The molecule has 2 aromatic rings. The highest BCUT2D eigenvalue weighted by Gasteiger charge is 2.23. The lowest BCUT2D eigenvalue weighted by Crippen LogP contribution is -2.54. The molecule has 1 fully saturated rings. The fourth-order valence-electron chi connectivity index (χ4n) is 3.29. The molecule has 0 radical (unpaired) electrons. The van der Waals surface area contributed by atoms with Crippen LogP contribution in [-0.4, -0.2) is 44.0 Å². The van der Waals surface area contributed by atoms with Crippen molar-refractivity contribution in [2.24, 2.45) is 0 Å². The molecule has 0 saturated carbocycles. The normalized spacial score (nSPS) is 17.2. The van der Waals surface area contributed by atoms with E-state index in [0.717, 1.165) is 18.0 Å². The van der Waals surface area contributed by atoms with Crippen LogP contribution in [0.4, 0.5) is 11.4 Å². The number of benzene rings is 2. The molecular formula is C22H29N3O4. The quantitative estimate of drug-likeness (QED) is 0.434. The Kier molecular flexibility index (Phi) is 6.71. The van der Waals surface area contributed by atoms with Gasteiger partial charge in [-0.3, -0.25) is 15.4 Å². The summed E-state index contributed by atoms with van der Waals surface area (Å²) in [6, 6.07) is 14.9. The van der Waals surface area contributed by atoms with E-state index in [4.69, 9.17) is 9.47 Å². The number of hydrogen-bond acceptors (Lipinski definition) is 6. The van der Waals surface area contributed by atoms with Crippen LogP contribution in [0.15, 0.2) is 48.5 Å². The van der Waals surface area contributed by atoms with E-state index in [-0.39, 0.29) is 22.2 Å². The number of ether oxygens (including phenoxy) is 2. The molecule has 0 bridgehead atoms. The van der Waals surface area contributed by atoms with Gasteiger partial charge in [-0.25, -0.2) is 0 Å². The molecule has 0 spiro atoms. The molecule has 3 rings (SSSR count). The van der Waals surface area contributed by atoms with Gasteiger partial charge < -0.3 is 14.4 Å². The van der Waals surface area contributed by atoms with E-state index in [1.54, 1.807) is 12.1 Å². The van der Waals surface area contributed by atoms with E-state index in [2.05, 4.69) is 43.1 Å². The lowest BCUT2D eigenvalue weighted by atomic mass is 9.87. The maximum Gasteiger partial charge on any atom is 0.269 e. The van der Waals surface area contributed by atoms with Gasteiger partial charge in [0, 0.05) is 30.9 Å². The van der Waals surface area contributed by atoms with Gasteiger partial charge in [-0.15, -0.1) is 0 Å². The van der Waals surface area contributed by atoms with Crippen molar-refractivity contribution in [1.82, 2.24) is 5.32 Å². The molecule has 0 aromatic heterocycles. The molecule has 1 atom stereocenters. The average Bonchev–Trinajstić information content (AvgIpc) is 2.71. The first-order valence-electron chi connectivity index (χ1n) is 9.90. The molecule has 0 unspecified atom stereocenters. The van der Waals surface area contributed by atoms with Crippen molar-refractivity contribution >= 4 is 11.4 Å². The summed E-state index contributed by atoms with van der Waals surface area (Å²) < 4.78 is 11.5. The van der Waals surface area contributed by atoms with Crippen molar-refractivity contribution in [1.29, 1.82) is 0 Å². The number of anilines is 1. The largest absolute Gasteiger partial charge is 0.492 e. The van der Waals surface area contributed by atoms with Crippen molar-refractivity contribution in [2.75, 3.05) is 37.8 Å². The third-order valence-electron chi connectivity index (χ3n) is 4.99. The van der Waals surface area contributed by atoms with E-state index in [0.29, 0.717) is 26.4 Å². The van der Waals surface area contributed by atoms with Crippen LogP contribution in [0.1, 0.15) is 26.3 Å². The number of nitrogens with zero attached hydrogens (tertiary/aromatic N) is 2. The summed E-state index contributed by atoms with van der Waals surface area (Å²) in [7, 11) is 0. The molecule has 0 aliphatic carbocycles. The van der Waals surface area contributed by atoms with Crippen molar-refractivity contribution < 1.29 is 14.4 Å². The standard InChI is InChI=1S/C22H29N3O4/c1-22(2,3)17-4-10-20(11-5-17)29-14-12-23-21-16-28-15-13-24(21)18-6-8-19(9-7-18)25(26)27/h4-11,21,23H,12-16H2,1-3H3/t21-/m0/s1. The molecule has 0 amide bonds. The van der Waals surface area contributed by atoms with E-state index in [1.807, 2.05) is 12.1 Å². The Morgan fingerprint density at radius 2 is 1.86 bits per heavy atom. The van der Waals surface area contributed by atoms with Crippen LogP contribution >= 0.6 is 0 Å². The fourth-order valence-corrected chi connectivity index (χ4v) is 3.29. The Balaban J connectivity index is 1.51. The molecule has 7 heteroatoms. The second-order valence-electron chi connectivity index (χ2n) is 8.13. The predicted octanol–water partition coefficient (Wildman–Crippen LogP) is 3.72. The third kappa shape index (κ3) is 5.68. The number of nitrogens with one attached hydrogen (secondary N) is 1. The molecule has 29 heavy (non-hydrogen) atoms. The van der Waals surface area contributed by atoms with Crippen molar-refractivity contribution in [3.63, 3.8) is 0 Å². The van der Waals surface area contributed by atoms with Crippen LogP contribution in [0.25, 0.3) is 0 Å². The third-order valence-corrected chi connectivity index (χ3v) is 4.99. The zero-order chi connectivity index (χ0) is 20.9. The van der Waals surface area contributed by atoms with Gasteiger partial charge in [0.25, 0.3) is 5.69 Å². The Hall–Kier alpha value is -2.64. The van der Waals surface area contributed by atoms with Gasteiger partial charge in [-0.1, -0.05) is 32.9 Å². The minimum Gasteiger partial charge on any atom is -0.492 e. The highest BCUT2D eigenvalue weighted by Crippen LogP contribution is 2.24. The Bertz CT molecular complexity index is 800. The molecule has 1 aliphatic rings. The highest BCUT2D eigenvalue weighted by molar-refractivity contribution is 5.51. The number of hydrogen-bond donors (Lipinski definition) is 1. The van der Waals surface area contributed by atoms with Crippen LogP contribution in [0.5, 0.6) is 5.75 Å². The lowest BCUT2D eigenvalue weighted by molar-refractivity contribution is -0.384. The number of nitro groups is 1. The van der Waals surface area contributed by atoms with E-state index in [9.17, 15) is 10.1 Å². The molecule has 156 valence electrons. The number of non-ortho nitro benzene ring substituents is 1.